The molecule has 0 saturated heterocycles. The number of aliphatic hydroxyl groups is 6. The van der Waals surface area contributed by atoms with Crippen molar-refractivity contribution in [3.8, 4) is 0 Å². The van der Waals surface area contributed by atoms with E-state index < -0.39 is 118 Å². The van der Waals surface area contributed by atoms with Crippen LogP contribution in [0, 0.1) is 35.5 Å². The summed E-state index contributed by atoms with van der Waals surface area (Å²) in [6, 6.07) is 0. The molecule has 0 heterocycles. The Hall–Kier alpha value is -4.96. The second kappa shape index (κ2) is 15.2. The van der Waals surface area contributed by atoms with Gasteiger partial charge in [0.25, 0.3) is 0 Å². The highest BCUT2D eigenvalue weighted by atomic mass is 16.3. The smallest absolute Gasteiger partial charge is 0.182 e. The summed E-state index contributed by atoms with van der Waals surface area (Å²) in [5.41, 5.74) is -0.198. The molecule has 0 aromatic heterocycles. The van der Waals surface area contributed by atoms with Crippen LogP contribution in [0.5, 0.6) is 0 Å². The van der Waals surface area contributed by atoms with E-state index in [0.717, 1.165) is 60.8 Å². The van der Waals surface area contributed by atoms with Gasteiger partial charge in [-0.3, -0.25) is 38.4 Å². The largest absolute Gasteiger partial charge is 0.392 e. The molecular formula is C42H40O14. The summed E-state index contributed by atoms with van der Waals surface area (Å²) in [6.07, 6.45) is 2.07. The maximum atomic E-state index is 13.5. The number of ketones is 8. The van der Waals surface area contributed by atoms with Crippen molar-refractivity contribution in [3.05, 3.63) is 94.2 Å². The third kappa shape index (κ3) is 7.24. The third-order valence-corrected chi connectivity index (χ3v) is 12.4. The highest BCUT2D eigenvalue weighted by Gasteiger charge is 2.47. The molecule has 0 spiro atoms. The number of carbonyl (C=O) groups is 8. The lowest BCUT2D eigenvalue weighted by Crippen LogP contribution is -2.45. The topological polar surface area (TPSA) is 258 Å². The Balaban J connectivity index is 0.997. The zero-order valence-corrected chi connectivity index (χ0v) is 29.9. The first-order valence-corrected chi connectivity index (χ1v) is 18.6. The Labute approximate surface area is 319 Å². The monoisotopic (exact) mass is 768 g/mol. The van der Waals surface area contributed by atoms with Gasteiger partial charge in [0.1, 0.15) is 0 Å². The molecule has 56 heavy (non-hydrogen) atoms. The normalized spacial score (nSPS) is 38.2. The van der Waals surface area contributed by atoms with E-state index in [4.69, 9.17) is 0 Å². The Morgan fingerprint density at radius 2 is 0.482 bits per heavy atom. The maximum Gasteiger partial charge on any atom is 0.182 e. The van der Waals surface area contributed by atoms with Gasteiger partial charge >= 0.3 is 0 Å². The molecule has 0 aromatic carbocycles. The fraction of sp³-hybridized carbons (Fsp3) is 0.429. The molecule has 0 aliphatic heterocycles. The minimum atomic E-state index is -1.33. The van der Waals surface area contributed by atoms with E-state index in [2.05, 4.69) is 0 Å². The summed E-state index contributed by atoms with van der Waals surface area (Å²) in [6.45, 7) is 0. The number of carbonyl (C=O) groups excluding carboxylic acids is 8. The van der Waals surface area contributed by atoms with Crippen LogP contribution in [0.1, 0.15) is 38.5 Å². The highest BCUT2D eigenvalue weighted by molar-refractivity contribution is 6.22. The van der Waals surface area contributed by atoms with Gasteiger partial charge in [-0.05, 0) is 99.3 Å². The van der Waals surface area contributed by atoms with Gasteiger partial charge in [0.2, 0.25) is 0 Å². The van der Waals surface area contributed by atoms with Crippen molar-refractivity contribution < 1.29 is 69.0 Å². The molecule has 292 valence electrons. The predicted octanol–water partition coefficient (Wildman–Crippen LogP) is -0.492. The van der Waals surface area contributed by atoms with Crippen molar-refractivity contribution in [3.63, 3.8) is 0 Å². The summed E-state index contributed by atoms with van der Waals surface area (Å²) in [5.74, 6) is -10.1. The standard InChI is InChI=1S/C42H40O14/c43-17-1-3-31(45)19(5-17)21-7-35(49)23(9-33(21)47)25-11-39(53)27(13-37(25)51)29-15-42(56)30(16-41(29)55)28-14-38(52)26(12-40(28)54)24-10-34(48)22(8-36(24)50)20-6-18(44)2-4-32(20)46/h1-6,11-14,21-24,29-30,33-36,41-42,47-50,55-56H,7-10,15-16H2. The molecule has 6 N–H and O–H groups in total. The van der Waals surface area contributed by atoms with Gasteiger partial charge in [0.15, 0.2) is 46.3 Å². The number of hydrogen-bond donors (Lipinski definition) is 6. The molecule has 0 bridgehead atoms. The van der Waals surface area contributed by atoms with Gasteiger partial charge in [0, 0.05) is 68.9 Å². The second-order valence-corrected chi connectivity index (χ2v) is 15.7. The fourth-order valence-corrected chi connectivity index (χ4v) is 9.47. The summed E-state index contributed by atoms with van der Waals surface area (Å²) in [5, 5.41) is 66.3. The Kier molecular flexibility index (Phi) is 10.6. The summed E-state index contributed by atoms with van der Waals surface area (Å²) in [7, 11) is 0. The Bertz CT molecular complexity index is 1960. The number of allylic oxidation sites excluding steroid dienone is 10. The Morgan fingerprint density at radius 3 is 0.696 bits per heavy atom. The molecule has 7 rings (SSSR count). The lowest BCUT2D eigenvalue weighted by Gasteiger charge is -2.41. The first-order valence-electron chi connectivity index (χ1n) is 18.6. The van der Waals surface area contributed by atoms with Gasteiger partial charge in [0.05, 0.1) is 36.6 Å². The molecule has 12 unspecified atom stereocenters. The third-order valence-electron chi connectivity index (χ3n) is 12.4. The zero-order valence-electron chi connectivity index (χ0n) is 29.9. The predicted molar refractivity (Wildman–Crippen MR) is 192 cm³/mol. The molecule has 7 aliphatic rings. The fourth-order valence-electron chi connectivity index (χ4n) is 9.47. The highest BCUT2D eigenvalue weighted by Crippen LogP contribution is 2.44. The number of hydrogen-bond acceptors (Lipinski definition) is 14. The molecule has 14 heteroatoms. The quantitative estimate of drug-likeness (QED) is 0.187. The van der Waals surface area contributed by atoms with Crippen LogP contribution >= 0.6 is 0 Å². The lowest BCUT2D eigenvalue weighted by atomic mass is 9.66. The van der Waals surface area contributed by atoms with Crippen LogP contribution in [0.2, 0.25) is 0 Å². The van der Waals surface area contributed by atoms with Gasteiger partial charge in [-0.25, -0.2) is 0 Å². The van der Waals surface area contributed by atoms with Crippen LogP contribution < -0.4 is 0 Å². The Morgan fingerprint density at radius 1 is 0.286 bits per heavy atom. The van der Waals surface area contributed by atoms with Gasteiger partial charge < -0.3 is 30.6 Å². The van der Waals surface area contributed by atoms with E-state index in [1.807, 2.05) is 0 Å². The molecule has 3 fully saturated rings. The van der Waals surface area contributed by atoms with Gasteiger partial charge in [-0.1, -0.05) is 0 Å². The van der Waals surface area contributed by atoms with Crippen molar-refractivity contribution in [2.75, 3.05) is 0 Å². The van der Waals surface area contributed by atoms with Crippen molar-refractivity contribution in [2.24, 2.45) is 35.5 Å². The molecular weight excluding hydrogens is 728 g/mol. The number of rotatable bonds is 6. The van der Waals surface area contributed by atoms with Crippen molar-refractivity contribution in [1.82, 2.24) is 0 Å². The first-order chi connectivity index (χ1) is 26.5. The minimum absolute atomic E-state index is 0.0570. The van der Waals surface area contributed by atoms with Crippen LogP contribution in [0.25, 0.3) is 0 Å². The van der Waals surface area contributed by atoms with E-state index >= 15 is 0 Å². The lowest BCUT2D eigenvalue weighted by molar-refractivity contribution is -0.118. The molecule has 14 nitrogen and oxygen atoms in total. The average Bonchev–Trinajstić information content (AvgIpc) is 3.14. The van der Waals surface area contributed by atoms with E-state index in [0.29, 0.717) is 0 Å². The molecule has 7 aliphatic carbocycles. The van der Waals surface area contributed by atoms with Crippen LogP contribution in [0.15, 0.2) is 94.2 Å². The van der Waals surface area contributed by atoms with E-state index in [1.165, 1.54) is 0 Å². The second-order valence-electron chi connectivity index (χ2n) is 15.7. The zero-order chi connectivity index (χ0) is 40.3. The van der Waals surface area contributed by atoms with Crippen LogP contribution in [0.4, 0.5) is 0 Å². The van der Waals surface area contributed by atoms with Gasteiger partial charge in [-0.2, -0.15) is 0 Å². The molecule has 3 saturated carbocycles. The molecule has 0 aromatic rings. The maximum absolute atomic E-state index is 13.5. The van der Waals surface area contributed by atoms with Crippen molar-refractivity contribution in [1.29, 1.82) is 0 Å². The number of aliphatic hydroxyl groups excluding tert-OH is 6. The summed E-state index contributed by atoms with van der Waals surface area (Å²) in [4.78, 5) is 102. The van der Waals surface area contributed by atoms with Crippen molar-refractivity contribution in [2.45, 2.75) is 75.1 Å². The van der Waals surface area contributed by atoms with Crippen LogP contribution in [-0.2, 0) is 38.4 Å². The first kappa shape index (κ1) is 39.3. The molecule has 0 radical (unpaired) electrons. The minimum Gasteiger partial charge on any atom is -0.392 e. The van der Waals surface area contributed by atoms with Gasteiger partial charge in [-0.15, -0.1) is 0 Å². The summed E-state index contributed by atoms with van der Waals surface area (Å²) < 4.78 is 0. The van der Waals surface area contributed by atoms with Crippen molar-refractivity contribution >= 4 is 46.3 Å². The average molecular weight is 769 g/mol. The summed E-state index contributed by atoms with van der Waals surface area (Å²) >= 11 is 0. The molecule has 0 amide bonds. The van der Waals surface area contributed by atoms with E-state index in [-0.39, 0.29) is 72.0 Å². The van der Waals surface area contributed by atoms with E-state index in [1.54, 1.807) is 0 Å². The van der Waals surface area contributed by atoms with Crippen LogP contribution in [-0.4, -0.2) is 114 Å². The van der Waals surface area contributed by atoms with Crippen LogP contribution in [0.3, 0.4) is 0 Å². The van der Waals surface area contributed by atoms with E-state index in [9.17, 15) is 69.0 Å². The molecule has 12 atom stereocenters. The SMILES string of the molecule is O=C1C=CC(=O)C(C2CC(O)C(C3=CC(=O)C(C4CC(O)C(C5=CC(=O)C(C6CC(O)C(C7=CC(=O)C=CC7=O)CC6O)=CC5=O)CC4O)=CC3=O)CC2O)=C1.